The number of hydrogen-bond donors (Lipinski definition) is 2. The fourth-order valence-electron chi connectivity index (χ4n) is 1.74. The lowest BCUT2D eigenvalue weighted by molar-refractivity contribution is -0.120. The monoisotopic (exact) mass is 277 g/mol. The third-order valence-electron chi connectivity index (χ3n) is 2.89. The summed E-state index contributed by atoms with van der Waals surface area (Å²) >= 11 is 0. The fraction of sp³-hybridized carbons (Fsp3) is 0.500. The molecule has 1 aromatic heterocycles. The number of rotatable bonds is 7. The zero-order valence-corrected chi connectivity index (χ0v) is 11.5. The number of aromatic nitrogens is 1. The van der Waals surface area contributed by atoms with Gasteiger partial charge in [0.25, 0.3) is 0 Å². The molecule has 0 aromatic carbocycles. The van der Waals surface area contributed by atoms with Crippen LogP contribution in [0.25, 0.3) is 0 Å². The molecule has 0 atom stereocenters. The molecule has 0 radical (unpaired) electrons. The lowest BCUT2D eigenvalue weighted by Gasteiger charge is -2.10. The zero-order valence-electron chi connectivity index (χ0n) is 11.5. The summed E-state index contributed by atoms with van der Waals surface area (Å²) in [5, 5.41) is 5.91. The first-order chi connectivity index (χ1) is 9.70. The SMILES string of the molecule is CCOC(=O)c1cccnc1NCCC(=O)NC1CC1. The van der Waals surface area contributed by atoms with Crippen molar-refractivity contribution < 1.29 is 14.3 Å². The Hall–Kier alpha value is -2.11. The topological polar surface area (TPSA) is 80.3 Å². The van der Waals surface area contributed by atoms with Crippen molar-refractivity contribution in [2.75, 3.05) is 18.5 Å². The summed E-state index contributed by atoms with van der Waals surface area (Å²) in [5.41, 5.74) is 0.386. The molecule has 1 aromatic rings. The van der Waals surface area contributed by atoms with E-state index in [2.05, 4.69) is 15.6 Å². The molecular formula is C14H19N3O3. The first-order valence-corrected chi connectivity index (χ1v) is 6.86. The third-order valence-corrected chi connectivity index (χ3v) is 2.89. The summed E-state index contributed by atoms with van der Waals surface area (Å²) in [7, 11) is 0. The van der Waals surface area contributed by atoms with E-state index in [0.717, 1.165) is 12.8 Å². The van der Waals surface area contributed by atoms with Gasteiger partial charge in [-0.15, -0.1) is 0 Å². The quantitative estimate of drug-likeness (QED) is 0.735. The minimum Gasteiger partial charge on any atom is -0.462 e. The first-order valence-electron chi connectivity index (χ1n) is 6.86. The first kappa shape index (κ1) is 14.3. The van der Waals surface area contributed by atoms with Crippen molar-refractivity contribution in [1.29, 1.82) is 0 Å². The molecule has 20 heavy (non-hydrogen) atoms. The highest BCUT2D eigenvalue weighted by molar-refractivity contribution is 5.94. The molecule has 1 heterocycles. The van der Waals surface area contributed by atoms with Crippen LogP contribution < -0.4 is 10.6 Å². The van der Waals surface area contributed by atoms with E-state index in [0.29, 0.717) is 37.0 Å². The Labute approximate surface area is 117 Å². The van der Waals surface area contributed by atoms with E-state index in [1.165, 1.54) is 0 Å². The Morgan fingerprint density at radius 3 is 2.95 bits per heavy atom. The molecule has 1 aliphatic rings. The van der Waals surface area contributed by atoms with Crippen molar-refractivity contribution in [1.82, 2.24) is 10.3 Å². The molecule has 0 bridgehead atoms. The molecule has 1 aliphatic carbocycles. The van der Waals surface area contributed by atoms with Gasteiger partial charge in [0, 0.05) is 25.2 Å². The highest BCUT2D eigenvalue weighted by Gasteiger charge is 2.22. The molecule has 0 unspecified atom stereocenters. The normalized spacial score (nSPS) is 13.7. The molecule has 6 nitrogen and oxygen atoms in total. The largest absolute Gasteiger partial charge is 0.462 e. The van der Waals surface area contributed by atoms with Crippen molar-refractivity contribution in [3.05, 3.63) is 23.9 Å². The third kappa shape index (κ3) is 4.22. The molecule has 2 N–H and O–H groups in total. The number of pyridine rings is 1. The maximum Gasteiger partial charge on any atom is 0.341 e. The van der Waals surface area contributed by atoms with E-state index >= 15 is 0 Å². The number of carbonyl (C=O) groups is 2. The molecule has 0 saturated heterocycles. The van der Waals surface area contributed by atoms with Crippen LogP contribution in [0.15, 0.2) is 18.3 Å². The predicted octanol–water partition coefficient (Wildman–Crippen LogP) is 1.34. The van der Waals surface area contributed by atoms with E-state index in [4.69, 9.17) is 4.74 Å². The van der Waals surface area contributed by atoms with E-state index in [1.807, 2.05) is 0 Å². The van der Waals surface area contributed by atoms with Crippen LogP contribution in [0.4, 0.5) is 5.82 Å². The zero-order chi connectivity index (χ0) is 14.4. The average molecular weight is 277 g/mol. The minimum atomic E-state index is -0.412. The van der Waals surface area contributed by atoms with Crippen molar-refractivity contribution >= 4 is 17.7 Å². The highest BCUT2D eigenvalue weighted by Crippen LogP contribution is 2.18. The number of amides is 1. The van der Waals surface area contributed by atoms with Gasteiger partial charge in [-0.1, -0.05) is 0 Å². The van der Waals surface area contributed by atoms with Crippen molar-refractivity contribution in [2.24, 2.45) is 0 Å². The summed E-state index contributed by atoms with van der Waals surface area (Å²) in [6.45, 7) is 2.50. The second kappa shape index (κ2) is 6.88. The van der Waals surface area contributed by atoms with E-state index in [-0.39, 0.29) is 5.91 Å². The number of anilines is 1. The highest BCUT2D eigenvalue weighted by atomic mass is 16.5. The molecule has 1 fully saturated rings. The number of carbonyl (C=O) groups excluding carboxylic acids is 2. The van der Waals surface area contributed by atoms with Crippen LogP contribution >= 0.6 is 0 Å². The Bertz CT molecular complexity index is 486. The summed E-state index contributed by atoms with van der Waals surface area (Å²) in [6.07, 6.45) is 4.10. The molecular weight excluding hydrogens is 258 g/mol. The number of nitrogens with zero attached hydrogens (tertiary/aromatic N) is 1. The standard InChI is InChI=1S/C14H19N3O3/c1-2-20-14(19)11-4-3-8-15-13(11)16-9-7-12(18)17-10-5-6-10/h3-4,8,10H,2,5-7,9H2,1H3,(H,15,16)(H,17,18). The molecule has 0 spiro atoms. The van der Waals surface area contributed by atoms with Gasteiger partial charge in [-0.05, 0) is 31.9 Å². The molecule has 108 valence electrons. The van der Waals surface area contributed by atoms with Crippen molar-refractivity contribution in [2.45, 2.75) is 32.2 Å². The Morgan fingerprint density at radius 1 is 1.45 bits per heavy atom. The summed E-state index contributed by atoms with van der Waals surface area (Å²) in [5.74, 6) is 0.0596. The summed E-state index contributed by atoms with van der Waals surface area (Å²) < 4.78 is 4.96. The number of esters is 1. The Balaban J connectivity index is 1.85. The molecule has 6 heteroatoms. The van der Waals surface area contributed by atoms with E-state index in [9.17, 15) is 9.59 Å². The molecule has 0 aliphatic heterocycles. The van der Waals surface area contributed by atoms with Crippen LogP contribution in [0.3, 0.4) is 0 Å². The van der Waals surface area contributed by atoms with Gasteiger partial charge in [0.2, 0.25) is 5.91 Å². The van der Waals surface area contributed by atoms with Crippen LogP contribution in [-0.2, 0) is 9.53 Å². The number of nitrogens with one attached hydrogen (secondary N) is 2. The van der Waals surface area contributed by atoms with Crippen LogP contribution in [0, 0.1) is 0 Å². The van der Waals surface area contributed by atoms with Gasteiger partial charge >= 0.3 is 5.97 Å². The maximum atomic E-state index is 11.7. The molecule has 2 rings (SSSR count). The number of hydrogen-bond acceptors (Lipinski definition) is 5. The fourth-order valence-corrected chi connectivity index (χ4v) is 1.74. The van der Waals surface area contributed by atoms with Gasteiger partial charge in [-0.2, -0.15) is 0 Å². The Morgan fingerprint density at radius 2 is 2.25 bits per heavy atom. The summed E-state index contributed by atoms with van der Waals surface area (Å²) in [6, 6.07) is 3.70. The van der Waals surface area contributed by atoms with Gasteiger partial charge in [-0.3, -0.25) is 4.79 Å². The van der Waals surface area contributed by atoms with Gasteiger partial charge in [-0.25, -0.2) is 9.78 Å². The van der Waals surface area contributed by atoms with Crippen molar-refractivity contribution in [3.63, 3.8) is 0 Å². The molecule has 1 amide bonds. The lowest BCUT2D eigenvalue weighted by atomic mass is 10.2. The van der Waals surface area contributed by atoms with Crippen LogP contribution in [0.5, 0.6) is 0 Å². The predicted molar refractivity (Wildman–Crippen MR) is 74.5 cm³/mol. The van der Waals surface area contributed by atoms with Gasteiger partial charge in [0.05, 0.1) is 6.61 Å². The van der Waals surface area contributed by atoms with E-state index < -0.39 is 5.97 Å². The smallest absolute Gasteiger partial charge is 0.341 e. The second-order valence-electron chi connectivity index (χ2n) is 4.64. The Kier molecular flexibility index (Phi) is 4.92. The lowest BCUT2D eigenvalue weighted by Crippen LogP contribution is -2.27. The average Bonchev–Trinajstić information content (AvgIpc) is 3.23. The number of ether oxygens (including phenoxy) is 1. The summed E-state index contributed by atoms with van der Waals surface area (Å²) in [4.78, 5) is 27.4. The van der Waals surface area contributed by atoms with Gasteiger partial charge in [0.15, 0.2) is 0 Å². The van der Waals surface area contributed by atoms with Crippen LogP contribution in [0.2, 0.25) is 0 Å². The molecule has 1 saturated carbocycles. The van der Waals surface area contributed by atoms with Gasteiger partial charge < -0.3 is 15.4 Å². The second-order valence-corrected chi connectivity index (χ2v) is 4.64. The van der Waals surface area contributed by atoms with Gasteiger partial charge in [0.1, 0.15) is 11.4 Å². The van der Waals surface area contributed by atoms with Crippen LogP contribution in [-0.4, -0.2) is 36.1 Å². The maximum absolute atomic E-state index is 11.7. The van der Waals surface area contributed by atoms with E-state index in [1.54, 1.807) is 25.3 Å². The minimum absolute atomic E-state index is 0.0219. The van der Waals surface area contributed by atoms with Crippen LogP contribution in [0.1, 0.15) is 36.5 Å². The van der Waals surface area contributed by atoms with Crippen molar-refractivity contribution in [3.8, 4) is 0 Å².